The molecular formula is C18H29N3O3. The van der Waals surface area contributed by atoms with Gasteiger partial charge in [0.25, 0.3) is 0 Å². The van der Waals surface area contributed by atoms with Crippen molar-refractivity contribution in [3.05, 3.63) is 23.9 Å². The van der Waals surface area contributed by atoms with Crippen LogP contribution in [0, 0.1) is 0 Å². The lowest BCUT2D eigenvalue weighted by atomic mass is 10.1. The third-order valence-electron chi connectivity index (χ3n) is 3.34. The summed E-state index contributed by atoms with van der Waals surface area (Å²) in [6.07, 6.45) is 3.05. The first-order chi connectivity index (χ1) is 11.2. The summed E-state index contributed by atoms with van der Waals surface area (Å²) in [7, 11) is 0. The van der Waals surface area contributed by atoms with Crippen molar-refractivity contribution in [1.82, 2.24) is 10.3 Å². The van der Waals surface area contributed by atoms with E-state index < -0.39 is 11.7 Å². The van der Waals surface area contributed by atoms with E-state index in [1.807, 2.05) is 26.8 Å². The van der Waals surface area contributed by atoms with E-state index in [1.54, 1.807) is 12.3 Å². The van der Waals surface area contributed by atoms with Crippen molar-refractivity contribution in [3.63, 3.8) is 0 Å². The maximum Gasteiger partial charge on any atom is 0.407 e. The highest BCUT2D eigenvalue weighted by atomic mass is 16.6. The Morgan fingerprint density at radius 3 is 2.54 bits per heavy atom. The summed E-state index contributed by atoms with van der Waals surface area (Å²) in [5, 5.41) is 5.90. The molecule has 0 aliphatic rings. The average Bonchev–Trinajstić information content (AvgIpc) is 2.50. The normalized spacial score (nSPS) is 12.4. The number of amides is 1. The monoisotopic (exact) mass is 335 g/mol. The van der Waals surface area contributed by atoms with Crippen molar-refractivity contribution in [1.29, 1.82) is 0 Å². The average molecular weight is 335 g/mol. The number of aromatic nitrogens is 1. The minimum absolute atomic E-state index is 0.0172. The van der Waals surface area contributed by atoms with Gasteiger partial charge in [0.2, 0.25) is 0 Å². The van der Waals surface area contributed by atoms with Gasteiger partial charge in [-0.25, -0.2) is 9.78 Å². The van der Waals surface area contributed by atoms with Crippen LogP contribution in [0.2, 0.25) is 0 Å². The van der Waals surface area contributed by atoms with E-state index in [1.165, 1.54) is 0 Å². The van der Waals surface area contributed by atoms with Gasteiger partial charge in [0.15, 0.2) is 5.78 Å². The summed E-state index contributed by atoms with van der Waals surface area (Å²) >= 11 is 0. The number of rotatable bonds is 8. The van der Waals surface area contributed by atoms with Crippen LogP contribution in [0.3, 0.4) is 0 Å². The molecule has 1 heterocycles. The zero-order chi connectivity index (χ0) is 18.2. The van der Waals surface area contributed by atoms with Crippen molar-refractivity contribution in [3.8, 4) is 0 Å². The van der Waals surface area contributed by atoms with Crippen LogP contribution >= 0.6 is 0 Å². The first kappa shape index (κ1) is 19.9. The lowest BCUT2D eigenvalue weighted by Gasteiger charge is -2.19. The van der Waals surface area contributed by atoms with E-state index in [0.717, 1.165) is 12.2 Å². The lowest BCUT2D eigenvalue weighted by Crippen LogP contribution is -2.33. The highest BCUT2D eigenvalue weighted by Gasteiger charge is 2.15. The Balaban J connectivity index is 2.34. The topological polar surface area (TPSA) is 80.3 Å². The zero-order valence-corrected chi connectivity index (χ0v) is 15.3. The van der Waals surface area contributed by atoms with Crippen LogP contribution < -0.4 is 10.6 Å². The molecular weight excluding hydrogens is 306 g/mol. The van der Waals surface area contributed by atoms with Gasteiger partial charge in [-0.2, -0.15) is 0 Å². The molecule has 0 bridgehead atoms. The second-order valence-electron chi connectivity index (χ2n) is 6.84. The fourth-order valence-electron chi connectivity index (χ4n) is 1.90. The number of ketones is 1. The summed E-state index contributed by atoms with van der Waals surface area (Å²) in [6, 6.07) is 3.94. The molecule has 0 aromatic carbocycles. The van der Waals surface area contributed by atoms with Crippen molar-refractivity contribution >= 4 is 17.7 Å². The number of hydrogen-bond acceptors (Lipinski definition) is 5. The molecule has 1 rings (SSSR count). The van der Waals surface area contributed by atoms with Crippen molar-refractivity contribution < 1.29 is 14.3 Å². The zero-order valence-electron chi connectivity index (χ0n) is 15.3. The summed E-state index contributed by atoms with van der Waals surface area (Å²) < 4.78 is 5.13. The molecule has 1 amide bonds. The van der Waals surface area contributed by atoms with E-state index in [0.29, 0.717) is 31.0 Å². The van der Waals surface area contributed by atoms with Gasteiger partial charge in [-0.3, -0.25) is 4.79 Å². The van der Waals surface area contributed by atoms with Gasteiger partial charge in [0, 0.05) is 30.8 Å². The number of ether oxygens (including phenoxy) is 1. The lowest BCUT2D eigenvalue weighted by molar-refractivity contribution is 0.0525. The molecule has 134 valence electrons. The predicted molar refractivity (Wildman–Crippen MR) is 95.4 cm³/mol. The smallest absolute Gasteiger partial charge is 0.407 e. The van der Waals surface area contributed by atoms with Crippen LogP contribution in [-0.2, 0) is 4.74 Å². The number of anilines is 1. The quantitative estimate of drug-likeness (QED) is 0.558. The van der Waals surface area contributed by atoms with Gasteiger partial charge in [-0.05, 0) is 52.7 Å². The molecule has 0 spiro atoms. The molecule has 24 heavy (non-hydrogen) atoms. The second-order valence-corrected chi connectivity index (χ2v) is 6.84. The number of Topliss-reactive ketones (excluding diaryl/α,β-unsaturated/α-hetero) is 1. The largest absolute Gasteiger partial charge is 0.444 e. The van der Waals surface area contributed by atoms with Gasteiger partial charge in [-0.1, -0.05) is 6.92 Å². The van der Waals surface area contributed by atoms with E-state index in [2.05, 4.69) is 29.5 Å². The predicted octanol–water partition coefficient (Wildman–Crippen LogP) is 3.78. The Labute approximate surface area is 144 Å². The Morgan fingerprint density at radius 1 is 1.29 bits per heavy atom. The maximum atomic E-state index is 12.1. The Bertz CT molecular complexity index is 535. The molecule has 1 aromatic heterocycles. The summed E-state index contributed by atoms with van der Waals surface area (Å²) in [5.41, 5.74) is 0.0679. The standard InChI is InChI=1S/C18H29N3O3/c1-6-13(2)21-16-10-9-14(12-20-16)15(22)8-7-11-19-17(23)24-18(3,4)5/h9-10,12-13H,6-8,11H2,1-5H3,(H,19,23)(H,20,21). The first-order valence-corrected chi connectivity index (χ1v) is 8.44. The van der Waals surface area contributed by atoms with Crippen molar-refractivity contribution in [2.75, 3.05) is 11.9 Å². The van der Waals surface area contributed by atoms with Gasteiger partial charge < -0.3 is 15.4 Å². The highest BCUT2D eigenvalue weighted by molar-refractivity contribution is 5.95. The summed E-state index contributed by atoms with van der Waals surface area (Å²) in [5.74, 6) is 0.788. The van der Waals surface area contributed by atoms with Gasteiger partial charge in [0.05, 0.1) is 0 Å². The SMILES string of the molecule is CCC(C)Nc1ccc(C(=O)CCCNC(=O)OC(C)(C)C)cn1. The van der Waals surface area contributed by atoms with Crippen LogP contribution in [0.4, 0.5) is 10.6 Å². The highest BCUT2D eigenvalue weighted by Crippen LogP contribution is 2.10. The maximum absolute atomic E-state index is 12.1. The Hall–Kier alpha value is -2.11. The number of hydrogen-bond donors (Lipinski definition) is 2. The molecule has 2 N–H and O–H groups in total. The second kappa shape index (κ2) is 9.25. The van der Waals surface area contributed by atoms with E-state index in [-0.39, 0.29) is 5.78 Å². The van der Waals surface area contributed by atoms with Gasteiger partial charge in [-0.15, -0.1) is 0 Å². The minimum Gasteiger partial charge on any atom is -0.444 e. The first-order valence-electron chi connectivity index (χ1n) is 8.44. The van der Waals surface area contributed by atoms with Crippen molar-refractivity contribution in [2.45, 2.75) is 65.5 Å². The number of carbonyl (C=O) groups is 2. The third-order valence-corrected chi connectivity index (χ3v) is 3.34. The van der Waals surface area contributed by atoms with Crippen LogP contribution in [0.5, 0.6) is 0 Å². The van der Waals surface area contributed by atoms with Crippen LogP contribution in [-0.4, -0.2) is 35.0 Å². The molecule has 0 aliphatic heterocycles. The molecule has 0 aliphatic carbocycles. The molecule has 0 fully saturated rings. The Kier molecular flexibility index (Phi) is 7.68. The van der Waals surface area contributed by atoms with E-state index in [9.17, 15) is 9.59 Å². The molecule has 6 heteroatoms. The minimum atomic E-state index is -0.517. The van der Waals surface area contributed by atoms with Crippen LogP contribution in [0.1, 0.15) is 64.2 Å². The molecule has 1 unspecified atom stereocenters. The van der Waals surface area contributed by atoms with Crippen LogP contribution in [0.15, 0.2) is 18.3 Å². The molecule has 0 saturated heterocycles. The van der Waals surface area contributed by atoms with E-state index in [4.69, 9.17) is 4.74 Å². The molecule has 1 aromatic rings. The third kappa shape index (κ3) is 7.94. The van der Waals surface area contributed by atoms with Gasteiger partial charge >= 0.3 is 6.09 Å². The Morgan fingerprint density at radius 2 is 2.00 bits per heavy atom. The summed E-state index contributed by atoms with van der Waals surface area (Å²) in [4.78, 5) is 27.9. The molecule has 0 saturated carbocycles. The molecule has 6 nitrogen and oxygen atoms in total. The molecule has 1 atom stereocenters. The summed E-state index contributed by atoms with van der Waals surface area (Å²) in [6.45, 7) is 10.0. The number of carbonyl (C=O) groups excluding carboxylic acids is 2. The fraction of sp³-hybridized carbons (Fsp3) is 0.611. The van der Waals surface area contributed by atoms with E-state index >= 15 is 0 Å². The van der Waals surface area contributed by atoms with Crippen molar-refractivity contribution in [2.24, 2.45) is 0 Å². The number of nitrogens with zero attached hydrogens (tertiary/aromatic N) is 1. The number of nitrogens with one attached hydrogen (secondary N) is 2. The van der Waals surface area contributed by atoms with Crippen LogP contribution in [0.25, 0.3) is 0 Å². The fourth-order valence-corrected chi connectivity index (χ4v) is 1.90. The molecule has 0 radical (unpaired) electrons. The van der Waals surface area contributed by atoms with Gasteiger partial charge in [0.1, 0.15) is 11.4 Å². The number of pyridine rings is 1. The number of alkyl carbamates (subject to hydrolysis) is 1.